The van der Waals surface area contributed by atoms with Crippen molar-refractivity contribution in [1.82, 2.24) is 0 Å². The van der Waals surface area contributed by atoms with Gasteiger partial charge in [0.05, 0.1) is 0 Å². The Bertz CT molecular complexity index is 618. The van der Waals surface area contributed by atoms with Crippen molar-refractivity contribution >= 4 is 60.3 Å². The Labute approximate surface area is 144 Å². The van der Waals surface area contributed by atoms with Gasteiger partial charge < -0.3 is 0 Å². The Balaban J connectivity index is 1.87. The summed E-state index contributed by atoms with van der Waals surface area (Å²) < 4.78 is 10.1. The average molecular weight is 518 g/mol. The first kappa shape index (κ1) is 16.3. The van der Waals surface area contributed by atoms with E-state index in [1.165, 1.54) is 12.1 Å². The third-order valence-electron chi connectivity index (χ3n) is 2.39. The van der Waals surface area contributed by atoms with Crippen LogP contribution in [-0.4, -0.2) is 37.1 Å². The topological polar surface area (TPSA) is 52.6 Å². The van der Waals surface area contributed by atoms with Crippen LogP contribution in [0.3, 0.4) is 0 Å². The zero-order chi connectivity index (χ0) is 15.2. The first-order valence-electron chi connectivity index (χ1n) is 5.75. The summed E-state index contributed by atoms with van der Waals surface area (Å²) in [6, 6.07) is 12.7. The van der Waals surface area contributed by atoms with Crippen LogP contribution in [0.15, 0.2) is 48.5 Å². The van der Waals surface area contributed by atoms with Crippen molar-refractivity contribution in [1.29, 1.82) is 0 Å². The molecule has 0 bridgehead atoms. The molecule has 2 rings (SSSR count). The van der Waals surface area contributed by atoms with Gasteiger partial charge >= 0.3 is 145 Å². The van der Waals surface area contributed by atoms with Crippen LogP contribution in [0.2, 0.25) is 10.0 Å². The first-order chi connectivity index (χ1) is 10.1. The fraction of sp³-hybridized carbons (Fsp3) is 0. The molecule has 0 saturated carbocycles. The molecular weight excluding hydrogens is 510 g/mol. The van der Waals surface area contributed by atoms with E-state index in [1.807, 2.05) is 0 Å². The molecular formula is C14H8Cl2O4Pb. The van der Waals surface area contributed by atoms with E-state index in [-0.39, 0.29) is 0 Å². The van der Waals surface area contributed by atoms with E-state index < -0.39 is 37.1 Å². The number of rotatable bonds is 4. The van der Waals surface area contributed by atoms with Gasteiger partial charge in [-0.05, 0) is 0 Å². The zero-order valence-electron chi connectivity index (χ0n) is 10.5. The predicted molar refractivity (Wildman–Crippen MR) is 79.5 cm³/mol. The van der Waals surface area contributed by atoms with Crippen molar-refractivity contribution in [2.24, 2.45) is 0 Å². The maximum atomic E-state index is 11.7. The molecule has 0 aliphatic carbocycles. The molecule has 0 aliphatic rings. The van der Waals surface area contributed by atoms with Crippen LogP contribution >= 0.6 is 23.2 Å². The van der Waals surface area contributed by atoms with Gasteiger partial charge in [-0.1, -0.05) is 0 Å². The van der Waals surface area contributed by atoms with Crippen LogP contribution in [-0.2, 0) is 5.37 Å². The van der Waals surface area contributed by atoms with Crippen molar-refractivity contribution < 1.29 is 15.0 Å². The molecule has 2 aromatic carbocycles. The summed E-state index contributed by atoms with van der Waals surface area (Å²) in [5.74, 6) is -1.08. The normalized spacial score (nSPS) is 10.0. The van der Waals surface area contributed by atoms with Crippen LogP contribution in [0.1, 0.15) is 20.7 Å². The molecule has 0 aromatic heterocycles. The number of benzene rings is 2. The Hall–Kier alpha value is -1.12. The van der Waals surface area contributed by atoms with Gasteiger partial charge in [0.15, 0.2) is 0 Å². The SMILES string of the molecule is O=C([O][Pb][O]C(=O)c1cccc(Cl)c1)c1cccc(Cl)c1. The summed E-state index contributed by atoms with van der Waals surface area (Å²) >= 11 is 9.26. The minimum absolute atomic E-state index is 0.328. The fourth-order valence-electron chi connectivity index (χ4n) is 1.45. The van der Waals surface area contributed by atoms with E-state index >= 15 is 0 Å². The molecule has 21 heavy (non-hydrogen) atoms. The van der Waals surface area contributed by atoms with Crippen LogP contribution in [0, 0.1) is 0 Å². The molecule has 0 atom stereocenters. The average Bonchev–Trinajstić information content (AvgIpc) is 2.47. The Kier molecular flexibility index (Phi) is 6.01. The molecule has 0 aliphatic heterocycles. The molecule has 2 aromatic rings. The second kappa shape index (κ2) is 7.77. The van der Waals surface area contributed by atoms with Gasteiger partial charge in [-0.25, -0.2) is 0 Å². The van der Waals surface area contributed by atoms with E-state index in [1.54, 1.807) is 36.4 Å². The summed E-state index contributed by atoms with van der Waals surface area (Å²) in [5.41, 5.74) is 0.655. The molecule has 7 heteroatoms. The van der Waals surface area contributed by atoms with Crippen molar-refractivity contribution in [3.05, 3.63) is 69.7 Å². The summed E-state index contributed by atoms with van der Waals surface area (Å²) in [5, 5.41) is 0.877. The quantitative estimate of drug-likeness (QED) is 0.582. The molecule has 0 spiro atoms. The Morgan fingerprint density at radius 1 is 0.810 bits per heavy atom. The zero-order valence-corrected chi connectivity index (χ0v) is 15.9. The molecule has 0 N–H and O–H groups in total. The molecule has 2 radical (unpaired) electrons. The Morgan fingerprint density at radius 2 is 1.24 bits per heavy atom. The fourth-order valence-corrected chi connectivity index (χ4v) is 3.49. The van der Waals surface area contributed by atoms with E-state index in [0.29, 0.717) is 21.2 Å². The van der Waals surface area contributed by atoms with Gasteiger partial charge in [-0.2, -0.15) is 0 Å². The number of hydrogen-bond acceptors (Lipinski definition) is 4. The van der Waals surface area contributed by atoms with Crippen LogP contribution in [0.25, 0.3) is 0 Å². The van der Waals surface area contributed by atoms with E-state index in [4.69, 9.17) is 28.6 Å². The second-order valence-electron chi connectivity index (χ2n) is 3.88. The number of halogens is 2. The van der Waals surface area contributed by atoms with E-state index in [9.17, 15) is 9.59 Å². The van der Waals surface area contributed by atoms with Gasteiger partial charge in [0, 0.05) is 0 Å². The first-order valence-corrected chi connectivity index (χ1v) is 9.68. The van der Waals surface area contributed by atoms with Crippen molar-refractivity contribution in [2.45, 2.75) is 0 Å². The second-order valence-corrected chi connectivity index (χ2v) is 6.99. The molecule has 4 nitrogen and oxygen atoms in total. The molecule has 0 fully saturated rings. The molecule has 106 valence electrons. The van der Waals surface area contributed by atoms with E-state index in [2.05, 4.69) is 0 Å². The summed E-state index contributed by atoms with van der Waals surface area (Å²) in [6.07, 6.45) is 0. The van der Waals surface area contributed by atoms with Gasteiger partial charge in [0.25, 0.3) is 0 Å². The summed E-state index contributed by atoms with van der Waals surface area (Å²) in [7, 11) is 0. The van der Waals surface area contributed by atoms with Crippen LogP contribution in [0.4, 0.5) is 0 Å². The third-order valence-corrected chi connectivity index (χ3v) is 4.95. The van der Waals surface area contributed by atoms with Crippen LogP contribution < -0.4 is 0 Å². The van der Waals surface area contributed by atoms with E-state index in [0.717, 1.165) is 0 Å². The van der Waals surface area contributed by atoms with Gasteiger partial charge in [-0.15, -0.1) is 0 Å². The summed E-state index contributed by atoms with van der Waals surface area (Å²) in [4.78, 5) is 23.4. The summed E-state index contributed by atoms with van der Waals surface area (Å²) in [6.45, 7) is 0. The van der Waals surface area contributed by atoms with Crippen molar-refractivity contribution in [3.63, 3.8) is 0 Å². The molecule has 0 saturated heterocycles. The molecule has 0 amide bonds. The third kappa shape index (κ3) is 4.98. The van der Waals surface area contributed by atoms with Gasteiger partial charge in [-0.3, -0.25) is 0 Å². The monoisotopic (exact) mass is 518 g/mol. The number of hydrogen-bond donors (Lipinski definition) is 0. The maximum absolute atomic E-state index is 11.7. The van der Waals surface area contributed by atoms with Gasteiger partial charge in [0.2, 0.25) is 0 Å². The predicted octanol–water partition coefficient (Wildman–Crippen LogP) is 3.54. The van der Waals surface area contributed by atoms with Crippen molar-refractivity contribution in [3.8, 4) is 0 Å². The standard InChI is InChI=1S/2C7H5ClO2.Pb/c2*8-6-3-1-2-5(4-6)7(9)10;/h2*1-4H,(H,9,10);/q;;+2/p-2. The van der Waals surface area contributed by atoms with Crippen LogP contribution in [0.5, 0.6) is 0 Å². The Morgan fingerprint density at radius 3 is 1.62 bits per heavy atom. The van der Waals surface area contributed by atoms with Crippen molar-refractivity contribution in [2.75, 3.05) is 0 Å². The number of carbonyl (C=O) groups excluding carboxylic acids is 2. The number of carbonyl (C=O) groups is 2. The van der Waals surface area contributed by atoms with Gasteiger partial charge in [0.1, 0.15) is 0 Å². The molecule has 0 unspecified atom stereocenters. The molecule has 0 heterocycles. The minimum atomic E-state index is -2.30.